The highest BCUT2D eigenvalue weighted by molar-refractivity contribution is 6.74. The number of pyridine rings is 1. The summed E-state index contributed by atoms with van der Waals surface area (Å²) in [6, 6.07) is 3.94. The van der Waals surface area contributed by atoms with E-state index in [1.165, 1.54) is 0 Å². The van der Waals surface area contributed by atoms with Crippen LogP contribution in [0.4, 0.5) is 10.6 Å². The lowest BCUT2D eigenvalue weighted by Gasteiger charge is -2.40. The summed E-state index contributed by atoms with van der Waals surface area (Å²) in [4.78, 5) is 21.0. The third-order valence-electron chi connectivity index (χ3n) is 5.83. The summed E-state index contributed by atoms with van der Waals surface area (Å²) < 4.78 is 11.9. The molecule has 1 aromatic heterocycles. The Morgan fingerprint density at radius 1 is 1.20 bits per heavy atom. The van der Waals surface area contributed by atoms with Crippen LogP contribution in [0.15, 0.2) is 12.1 Å². The molecule has 8 heteroatoms. The highest BCUT2D eigenvalue weighted by atomic mass is 35.5. The van der Waals surface area contributed by atoms with Gasteiger partial charge in [0.05, 0.1) is 6.61 Å². The Hall–Kier alpha value is -1.31. The Bertz CT molecular complexity index is 759. The van der Waals surface area contributed by atoms with Gasteiger partial charge in [-0.15, -0.1) is 0 Å². The maximum absolute atomic E-state index is 12.5. The standard InChI is InChI=1S/C22H38ClN3O3Si/c1-16-14-25(10-11-26(16)20(27)29-21(2,3)4)19-13-17(12-18(23)24-19)15-28-30(8,9)22(5,6)7/h12-13,16H,10-11,14-15H2,1-9H3/t16-/m0/s1. The average molecular weight is 456 g/mol. The van der Waals surface area contributed by atoms with E-state index in [9.17, 15) is 4.79 Å². The minimum atomic E-state index is -1.85. The number of nitrogens with zero attached hydrogens (tertiary/aromatic N) is 3. The van der Waals surface area contributed by atoms with Crippen LogP contribution in [-0.4, -0.2) is 55.6 Å². The Labute approximate surface area is 188 Å². The van der Waals surface area contributed by atoms with Crippen LogP contribution >= 0.6 is 11.6 Å². The molecular formula is C22H38ClN3O3Si. The first-order valence-corrected chi connectivity index (χ1v) is 13.9. The van der Waals surface area contributed by atoms with E-state index in [-0.39, 0.29) is 17.2 Å². The first kappa shape index (κ1) is 25.0. The fourth-order valence-electron chi connectivity index (χ4n) is 3.02. The highest BCUT2D eigenvalue weighted by Crippen LogP contribution is 2.37. The van der Waals surface area contributed by atoms with Gasteiger partial charge in [0.2, 0.25) is 0 Å². The molecule has 2 heterocycles. The fraction of sp³-hybridized carbons (Fsp3) is 0.727. The summed E-state index contributed by atoms with van der Waals surface area (Å²) in [5.74, 6) is 0.826. The number of carbonyl (C=O) groups excluding carboxylic acids is 1. The van der Waals surface area contributed by atoms with Gasteiger partial charge in [0.15, 0.2) is 8.32 Å². The second kappa shape index (κ2) is 9.05. The Balaban J connectivity index is 2.08. The zero-order chi connectivity index (χ0) is 22.9. The van der Waals surface area contributed by atoms with E-state index in [2.05, 4.69) is 49.8 Å². The van der Waals surface area contributed by atoms with Crippen LogP contribution in [0.1, 0.15) is 54.0 Å². The van der Waals surface area contributed by atoms with Gasteiger partial charge in [0, 0.05) is 25.7 Å². The third kappa shape index (κ3) is 6.59. The predicted molar refractivity (Wildman–Crippen MR) is 126 cm³/mol. The molecule has 0 radical (unpaired) electrons. The number of carbonyl (C=O) groups is 1. The van der Waals surface area contributed by atoms with Crippen molar-refractivity contribution >= 4 is 31.8 Å². The van der Waals surface area contributed by atoms with Crippen molar-refractivity contribution in [3.63, 3.8) is 0 Å². The molecule has 1 aliphatic heterocycles. The van der Waals surface area contributed by atoms with Gasteiger partial charge in [-0.05, 0) is 63.5 Å². The molecule has 1 fully saturated rings. The molecule has 1 aliphatic rings. The van der Waals surface area contributed by atoms with Gasteiger partial charge in [0.1, 0.15) is 16.6 Å². The lowest BCUT2D eigenvalue weighted by Crippen LogP contribution is -2.55. The SMILES string of the molecule is C[C@H]1CN(c2cc(CO[Si](C)(C)C(C)(C)C)cc(Cl)n2)CCN1C(=O)OC(C)(C)C. The lowest BCUT2D eigenvalue weighted by atomic mass is 10.1. The molecule has 0 bridgehead atoms. The molecular weight excluding hydrogens is 418 g/mol. The second-order valence-electron chi connectivity index (χ2n) is 10.7. The smallest absolute Gasteiger partial charge is 0.410 e. The molecule has 0 aromatic carbocycles. The molecule has 0 unspecified atom stereocenters. The molecule has 170 valence electrons. The molecule has 1 amide bonds. The fourth-order valence-corrected chi connectivity index (χ4v) is 4.20. The van der Waals surface area contributed by atoms with Crippen molar-refractivity contribution in [3.05, 3.63) is 22.8 Å². The molecule has 1 atom stereocenters. The van der Waals surface area contributed by atoms with Crippen LogP contribution in [-0.2, 0) is 15.8 Å². The summed E-state index contributed by atoms with van der Waals surface area (Å²) in [5, 5.41) is 0.614. The monoisotopic (exact) mass is 455 g/mol. The van der Waals surface area contributed by atoms with E-state index < -0.39 is 13.9 Å². The Morgan fingerprint density at radius 3 is 2.37 bits per heavy atom. The highest BCUT2D eigenvalue weighted by Gasteiger charge is 2.37. The second-order valence-corrected chi connectivity index (χ2v) is 15.9. The Morgan fingerprint density at radius 2 is 1.83 bits per heavy atom. The topological polar surface area (TPSA) is 54.9 Å². The van der Waals surface area contributed by atoms with Gasteiger partial charge < -0.3 is 19.0 Å². The third-order valence-corrected chi connectivity index (χ3v) is 10.5. The van der Waals surface area contributed by atoms with Crippen LogP contribution in [0.5, 0.6) is 0 Å². The van der Waals surface area contributed by atoms with Gasteiger partial charge in [-0.25, -0.2) is 9.78 Å². The van der Waals surface area contributed by atoms with Gasteiger partial charge in [-0.3, -0.25) is 0 Å². The first-order valence-electron chi connectivity index (χ1n) is 10.6. The van der Waals surface area contributed by atoms with Crippen molar-refractivity contribution in [2.24, 2.45) is 0 Å². The number of anilines is 1. The van der Waals surface area contributed by atoms with Crippen molar-refractivity contribution < 1.29 is 14.0 Å². The lowest BCUT2D eigenvalue weighted by molar-refractivity contribution is 0.0158. The minimum absolute atomic E-state index is 0.0151. The zero-order valence-electron chi connectivity index (χ0n) is 20.0. The number of piperazine rings is 1. The normalized spacial score (nSPS) is 18.5. The molecule has 0 aliphatic carbocycles. The maximum atomic E-state index is 12.5. The quantitative estimate of drug-likeness (QED) is 0.430. The van der Waals surface area contributed by atoms with E-state index in [4.69, 9.17) is 20.8 Å². The average Bonchev–Trinajstić information content (AvgIpc) is 2.57. The number of aromatic nitrogens is 1. The molecule has 6 nitrogen and oxygen atoms in total. The number of hydrogen-bond donors (Lipinski definition) is 0. The molecule has 1 saturated heterocycles. The van der Waals surface area contributed by atoms with Gasteiger partial charge in [-0.2, -0.15) is 0 Å². The number of rotatable bonds is 4. The largest absolute Gasteiger partial charge is 0.444 e. The number of ether oxygens (including phenoxy) is 1. The number of halogens is 1. The van der Waals surface area contributed by atoms with Crippen molar-refractivity contribution in [3.8, 4) is 0 Å². The van der Waals surface area contributed by atoms with Crippen molar-refractivity contribution in [1.29, 1.82) is 0 Å². The molecule has 0 spiro atoms. The van der Waals surface area contributed by atoms with Gasteiger partial charge in [-0.1, -0.05) is 32.4 Å². The van der Waals surface area contributed by atoms with Crippen molar-refractivity contribution in [2.45, 2.75) is 84.8 Å². The summed E-state index contributed by atoms with van der Waals surface area (Å²) in [6.45, 7) is 21.3. The van der Waals surface area contributed by atoms with Crippen molar-refractivity contribution in [2.75, 3.05) is 24.5 Å². The number of hydrogen-bond acceptors (Lipinski definition) is 5. The van der Waals surface area contributed by atoms with E-state index in [0.29, 0.717) is 31.4 Å². The summed E-state index contributed by atoms with van der Waals surface area (Å²) in [5.41, 5.74) is 0.527. The molecule has 0 saturated carbocycles. The van der Waals surface area contributed by atoms with E-state index >= 15 is 0 Å². The summed E-state index contributed by atoms with van der Waals surface area (Å²) in [6.07, 6.45) is -0.267. The van der Waals surface area contributed by atoms with Crippen molar-refractivity contribution in [1.82, 2.24) is 9.88 Å². The molecule has 0 N–H and O–H groups in total. The predicted octanol–water partition coefficient (Wildman–Crippen LogP) is 5.70. The summed E-state index contributed by atoms with van der Waals surface area (Å²) >= 11 is 6.33. The van der Waals surface area contributed by atoms with Crippen LogP contribution < -0.4 is 4.90 Å². The van der Waals surface area contributed by atoms with Gasteiger partial charge in [0.25, 0.3) is 0 Å². The Kier molecular flexibility index (Phi) is 7.52. The van der Waals surface area contributed by atoms with Crippen LogP contribution in [0.3, 0.4) is 0 Å². The molecule has 1 aromatic rings. The molecule has 30 heavy (non-hydrogen) atoms. The van der Waals surface area contributed by atoms with Crippen LogP contribution in [0.2, 0.25) is 23.3 Å². The van der Waals surface area contributed by atoms with Crippen LogP contribution in [0, 0.1) is 0 Å². The van der Waals surface area contributed by atoms with Crippen LogP contribution in [0.25, 0.3) is 0 Å². The maximum Gasteiger partial charge on any atom is 0.410 e. The van der Waals surface area contributed by atoms with E-state index in [1.54, 1.807) is 4.90 Å². The zero-order valence-corrected chi connectivity index (χ0v) is 21.8. The van der Waals surface area contributed by atoms with E-state index in [0.717, 1.165) is 11.4 Å². The summed E-state index contributed by atoms with van der Waals surface area (Å²) in [7, 11) is -1.85. The van der Waals surface area contributed by atoms with E-state index in [1.807, 2.05) is 33.8 Å². The van der Waals surface area contributed by atoms with Gasteiger partial charge >= 0.3 is 6.09 Å². The first-order chi connectivity index (χ1) is 13.6. The minimum Gasteiger partial charge on any atom is -0.444 e. The molecule has 2 rings (SSSR count). The number of amides is 1.